The molecule has 1 fully saturated rings. The number of nitrogens with one attached hydrogen (secondary N) is 1. The summed E-state index contributed by atoms with van der Waals surface area (Å²) in [5.74, 6) is -0.462. The van der Waals surface area contributed by atoms with Gasteiger partial charge in [-0.2, -0.15) is 0 Å². The first-order valence-corrected chi connectivity index (χ1v) is 8.58. The first kappa shape index (κ1) is 22.3. The molecule has 0 aromatic heterocycles. The van der Waals surface area contributed by atoms with E-state index in [1.807, 2.05) is 13.8 Å². The molecule has 0 bridgehead atoms. The van der Waals surface area contributed by atoms with E-state index >= 15 is 0 Å². The molecule has 0 aromatic carbocycles. The van der Waals surface area contributed by atoms with Crippen molar-refractivity contribution in [2.75, 3.05) is 20.1 Å². The zero-order chi connectivity index (χ0) is 20.3. The molecule has 0 spiro atoms. The van der Waals surface area contributed by atoms with Gasteiger partial charge in [-0.1, -0.05) is 19.9 Å². The Labute approximate surface area is 159 Å². The molecule has 2 aliphatic heterocycles. The number of carbonyl (C=O) groups excluding carboxylic acids is 2. The second-order valence-electron chi connectivity index (χ2n) is 6.16. The molecular weight excluding hydrogens is 327 g/mol. The van der Waals surface area contributed by atoms with Crippen LogP contribution < -0.4 is 0 Å². The summed E-state index contributed by atoms with van der Waals surface area (Å²) in [7, 11) is 18.4. The lowest BCUT2D eigenvalue weighted by Crippen LogP contribution is -2.54. The van der Waals surface area contributed by atoms with Gasteiger partial charge in [0.1, 0.15) is 11.4 Å². The number of likely N-dealkylation sites (tertiary alicyclic amines) is 1. The Bertz CT molecular complexity index is 655. The number of likely N-dealkylation sites (N-methyl/N-ethyl adjacent to an activating group) is 1. The Hall–Kier alpha value is -1.76. The Kier molecular flexibility index (Phi) is 7.11. The van der Waals surface area contributed by atoms with Gasteiger partial charge in [0.15, 0.2) is 0 Å². The van der Waals surface area contributed by atoms with Gasteiger partial charge < -0.3 is 9.64 Å². The van der Waals surface area contributed by atoms with Gasteiger partial charge in [-0.25, -0.2) is 0 Å². The van der Waals surface area contributed by atoms with Crippen molar-refractivity contribution in [2.45, 2.75) is 45.0 Å². The molecule has 6 radical (unpaired) electrons. The van der Waals surface area contributed by atoms with Gasteiger partial charge in [-0.3, -0.25) is 19.9 Å². The Morgan fingerprint density at radius 3 is 2.38 bits per heavy atom. The maximum Gasteiger partial charge on any atom is 0.258 e. The van der Waals surface area contributed by atoms with Crippen LogP contribution >= 0.6 is 0 Å². The molecule has 134 valence electrons. The summed E-state index contributed by atoms with van der Waals surface area (Å²) in [5.41, 5.74) is -0.374. The molecule has 6 nitrogen and oxygen atoms in total. The molecule has 9 heteroatoms. The van der Waals surface area contributed by atoms with Crippen LogP contribution in [0.1, 0.15) is 34.1 Å². The number of amides is 2. The highest BCUT2D eigenvalue weighted by molar-refractivity contribution is 6.58. The van der Waals surface area contributed by atoms with E-state index in [-0.39, 0.29) is 23.9 Å². The number of allylic oxidation sites excluding steroid dienone is 1. The minimum absolute atomic E-state index is 0.0855. The minimum Gasteiger partial charge on any atom is -0.390 e. The van der Waals surface area contributed by atoms with Crippen LogP contribution in [0.4, 0.5) is 0 Å². The van der Waals surface area contributed by atoms with E-state index in [2.05, 4.69) is 0 Å². The summed E-state index contributed by atoms with van der Waals surface area (Å²) in [6.07, 6.45) is 3.63. The second-order valence-corrected chi connectivity index (χ2v) is 6.16. The first-order chi connectivity index (χ1) is 12.0. The van der Waals surface area contributed by atoms with Crippen molar-refractivity contribution >= 4 is 41.2 Å². The summed E-state index contributed by atoms with van der Waals surface area (Å²) in [5, 5.41) is 6.04. The van der Waals surface area contributed by atoms with Crippen LogP contribution in [0.3, 0.4) is 0 Å². The zero-order valence-electron chi connectivity index (χ0n) is 16.1. The number of amidine groups is 1. The molecule has 1 N–H and O–H groups in total. The average molecular weight is 351 g/mol. The predicted molar refractivity (Wildman–Crippen MR) is 104 cm³/mol. The van der Waals surface area contributed by atoms with Crippen LogP contribution in [0.25, 0.3) is 0 Å². The van der Waals surface area contributed by atoms with Crippen LogP contribution in [0.2, 0.25) is 0 Å². The molecular formula is C17H24B3N3O3. The summed E-state index contributed by atoms with van der Waals surface area (Å²) in [6.45, 7) is 7.71. The fourth-order valence-electron chi connectivity index (χ4n) is 3.06. The lowest BCUT2D eigenvalue weighted by atomic mass is 9.52. The van der Waals surface area contributed by atoms with E-state index in [1.54, 1.807) is 24.0 Å². The molecule has 1 unspecified atom stereocenters. The van der Waals surface area contributed by atoms with Crippen LogP contribution in [0, 0.1) is 5.41 Å². The normalized spacial score (nSPS) is 25.1. The molecule has 2 rings (SSSR count). The maximum atomic E-state index is 12.7. The number of hydrogen-bond donors (Lipinski definition) is 1. The number of nitrogens with zero attached hydrogens (tertiary/aromatic N) is 2. The van der Waals surface area contributed by atoms with Crippen molar-refractivity contribution in [3.8, 4) is 0 Å². The van der Waals surface area contributed by atoms with E-state index in [1.165, 1.54) is 18.9 Å². The number of rotatable bonds is 3. The highest BCUT2D eigenvalue weighted by Gasteiger charge is 2.49. The van der Waals surface area contributed by atoms with Gasteiger partial charge in [-0.15, -0.1) is 0 Å². The van der Waals surface area contributed by atoms with Crippen molar-refractivity contribution in [1.29, 1.82) is 5.41 Å². The fourth-order valence-corrected chi connectivity index (χ4v) is 3.06. The topological polar surface area (TPSA) is 73.7 Å². The summed E-state index contributed by atoms with van der Waals surface area (Å²) in [6, 6.07) is 0. The molecule has 1 saturated heterocycles. The van der Waals surface area contributed by atoms with Crippen molar-refractivity contribution in [3.63, 3.8) is 0 Å². The van der Waals surface area contributed by atoms with Crippen LogP contribution in [-0.2, 0) is 14.3 Å². The smallest absolute Gasteiger partial charge is 0.258 e. The summed E-state index contributed by atoms with van der Waals surface area (Å²) >= 11 is 0. The van der Waals surface area contributed by atoms with E-state index < -0.39 is 16.8 Å². The molecule has 26 heavy (non-hydrogen) atoms. The quantitative estimate of drug-likeness (QED) is 0.751. The molecule has 0 saturated carbocycles. The van der Waals surface area contributed by atoms with Gasteiger partial charge in [-0.05, 0) is 18.3 Å². The monoisotopic (exact) mass is 351 g/mol. The van der Waals surface area contributed by atoms with E-state index in [4.69, 9.17) is 33.7 Å². The zero-order valence-corrected chi connectivity index (χ0v) is 16.1. The number of ether oxygens (including phenoxy) is 1. The average Bonchev–Trinajstić information content (AvgIpc) is 2.98. The Morgan fingerprint density at radius 1 is 1.38 bits per heavy atom. The van der Waals surface area contributed by atoms with E-state index in [0.29, 0.717) is 18.5 Å². The SMILES string of the molecule is CC.[B]C([B])([B])OC1(C2=C/C(=C\C)C(=N)N(C)C2=O)CCN(C(C)=O)C1. The molecule has 1 atom stereocenters. The number of carbonyl (C=O) groups is 2. The standard InChI is InChI=1S/C15H18B3N3O3.C2H6/c1-4-10-7-11(13(23)20(3)12(10)19)14(24-15(16,17)18)5-6-21(8-14)9(2)22;1-2/h4,7,19H,5-6,8H2,1-3H3;1-2H3/b10-4+,19-12?;. The fraction of sp³-hybridized carbons (Fsp3) is 0.588. The first-order valence-electron chi connectivity index (χ1n) is 8.58. The van der Waals surface area contributed by atoms with Gasteiger partial charge in [0.05, 0.1) is 35.7 Å². The van der Waals surface area contributed by atoms with E-state index in [0.717, 1.165) is 0 Å². The van der Waals surface area contributed by atoms with Crippen molar-refractivity contribution in [1.82, 2.24) is 9.80 Å². The Morgan fingerprint density at radius 2 is 1.96 bits per heavy atom. The van der Waals surface area contributed by atoms with Crippen molar-refractivity contribution in [3.05, 3.63) is 23.3 Å². The second kappa shape index (κ2) is 8.29. The third-order valence-corrected chi connectivity index (χ3v) is 4.29. The number of hydrogen-bond acceptors (Lipinski definition) is 4. The van der Waals surface area contributed by atoms with Crippen LogP contribution in [-0.4, -0.2) is 82.0 Å². The van der Waals surface area contributed by atoms with Crippen LogP contribution in [0.5, 0.6) is 0 Å². The van der Waals surface area contributed by atoms with E-state index in [9.17, 15) is 9.59 Å². The van der Waals surface area contributed by atoms with Gasteiger partial charge >= 0.3 is 0 Å². The van der Waals surface area contributed by atoms with Gasteiger partial charge in [0.25, 0.3) is 5.91 Å². The highest BCUT2D eigenvalue weighted by Crippen LogP contribution is 2.38. The Balaban J connectivity index is 0.00000163. The molecule has 2 aliphatic rings. The molecule has 2 amide bonds. The lowest BCUT2D eigenvalue weighted by molar-refractivity contribution is -0.131. The van der Waals surface area contributed by atoms with Crippen molar-refractivity contribution in [2.24, 2.45) is 0 Å². The predicted octanol–water partition coefficient (Wildman–Crippen LogP) is 0.459. The van der Waals surface area contributed by atoms with Crippen LogP contribution in [0.15, 0.2) is 23.3 Å². The highest BCUT2D eigenvalue weighted by atomic mass is 16.5. The summed E-state index contributed by atoms with van der Waals surface area (Å²) < 4.78 is 5.68. The molecule has 0 aliphatic carbocycles. The largest absolute Gasteiger partial charge is 0.390 e. The van der Waals surface area contributed by atoms with Gasteiger partial charge in [0, 0.05) is 32.5 Å². The van der Waals surface area contributed by atoms with Crippen molar-refractivity contribution < 1.29 is 14.3 Å². The molecule has 2 heterocycles. The third-order valence-electron chi connectivity index (χ3n) is 4.29. The third kappa shape index (κ3) is 4.50. The maximum absolute atomic E-state index is 12.7. The summed E-state index contributed by atoms with van der Waals surface area (Å²) in [4.78, 5) is 27.2. The lowest BCUT2D eigenvalue weighted by Gasteiger charge is -2.41. The van der Waals surface area contributed by atoms with Gasteiger partial charge in [0.2, 0.25) is 5.91 Å². The molecule has 0 aromatic rings. The minimum atomic E-state index is -1.96.